The molecule has 2 heterocycles. The Hall–Kier alpha value is -2.44. The van der Waals surface area contributed by atoms with E-state index in [1.165, 1.54) is 18.6 Å². The fourth-order valence-electron chi connectivity index (χ4n) is 3.95. The Kier molecular flexibility index (Phi) is 5.36. The van der Waals surface area contributed by atoms with E-state index in [1.807, 2.05) is 4.90 Å². The molecular formula is C20H24FN3O3. The number of rotatable bonds is 5. The van der Waals surface area contributed by atoms with E-state index < -0.39 is 0 Å². The zero-order valence-corrected chi connectivity index (χ0v) is 15.3. The molecule has 0 spiro atoms. The standard InChI is InChI=1S/C20H24FN3O3/c21-16-6-8-17(9-7-16)26-13-18-22-19(23-27-18)15-10-11-24(12-15)20(25)14-4-2-1-3-5-14/h6-9,14-15H,1-5,10-13H2. The van der Waals surface area contributed by atoms with Gasteiger partial charge in [0.2, 0.25) is 5.91 Å². The first-order valence-electron chi connectivity index (χ1n) is 9.68. The van der Waals surface area contributed by atoms with Crippen molar-refractivity contribution in [2.24, 2.45) is 5.92 Å². The highest BCUT2D eigenvalue weighted by atomic mass is 19.1. The molecule has 1 saturated carbocycles. The van der Waals surface area contributed by atoms with E-state index in [9.17, 15) is 9.18 Å². The van der Waals surface area contributed by atoms with Crippen molar-refractivity contribution >= 4 is 5.91 Å². The molecule has 2 aliphatic rings. The summed E-state index contributed by atoms with van der Waals surface area (Å²) in [5.74, 6) is 1.85. The molecule has 1 unspecified atom stereocenters. The van der Waals surface area contributed by atoms with Crippen molar-refractivity contribution in [3.05, 3.63) is 41.8 Å². The first-order valence-corrected chi connectivity index (χ1v) is 9.68. The molecule has 0 radical (unpaired) electrons. The molecule has 1 atom stereocenters. The Morgan fingerprint density at radius 3 is 2.74 bits per heavy atom. The Bertz CT molecular complexity index is 771. The summed E-state index contributed by atoms with van der Waals surface area (Å²) in [6.45, 7) is 1.55. The number of nitrogens with zero attached hydrogens (tertiary/aromatic N) is 3. The molecular weight excluding hydrogens is 349 g/mol. The highest BCUT2D eigenvalue weighted by Gasteiger charge is 2.34. The molecule has 6 nitrogen and oxygen atoms in total. The highest BCUT2D eigenvalue weighted by molar-refractivity contribution is 5.79. The van der Waals surface area contributed by atoms with Gasteiger partial charge in [0.1, 0.15) is 11.6 Å². The number of hydrogen-bond acceptors (Lipinski definition) is 5. The number of ether oxygens (including phenoxy) is 1. The maximum absolute atomic E-state index is 12.9. The minimum atomic E-state index is -0.309. The van der Waals surface area contributed by atoms with E-state index >= 15 is 0 Å². The lowest BCUT2D eigenvalue weighted by molar-refractivity contribution is -0.135. The van der Waals surface area contributed by atoms with Crippen LogP contribution in [0.25, 0.3) is 0 Å². The van der Waals surface area contributed by atoms with Crippen LogP contribution < -0.4 is 4.74 Å². The van der Waals surface area contributed by atoms with Gasteiger partial charge in [-0.1, -0.05) is 24.4 Å². The van der Waals surface area contributed by atoms with E-state index in [1.54, 1.807) is 12.1 Å². The molecule has 0 N–H and O–H groups in total. The van der Waals surface area contributed by atoms with Crippen LogP contribution in [0.1, 0.15) is 56.2 Å². The SMILES string of the molecule is O=C(C1CCCCC1)N1CCC(c2noc(COc3ccc(F)cc3)n2)C1. The summed E-state index contributed by atoms with van der Waals surface area (Å²) in [6.07, 6.45) is 6.47. The normalized spacial score (nSPS) is 20.8. The predicted molar refractivity (Wildman–Crippen MR) is 95.5 cm³/mol. The van der Waals surface area contributed by atoms with Crippen molar-refractivity contribution in [2.45, 2.75) is 51.0 Å². The highest BCUT2D eigenvalue weighted by Crippen LogP contribution is 2.30. The molecule has 1 aromatic heterocycles. The van der Waals surface area contributed by atoms with Crippen LogP contribution in [-0.4, -0.2) is 34.0 Å². The van der Waals surface area contributed by atoms with E-state index in [0.29, 0.717) is 29.9 Å². The first kappa shape index (κ1) is 17.9. The van der Waals surface area contributed by atoms with E-state index in [-0.39, 0.29) is 24.3 Å². The third-order valence-corrected chi connectivity index (χ3v) is 5.48. The topological polar surface area (TPSA) is 68.5 Å². The van der Waals surface area contributed by atoms with Gasteiger partial charge in [0, 0.05) is 24.9 Å². The second kappa shape index (κ2) is 8.06. The molecule has 2 fully saturated rings. The number of carbonyl (C=O) groups excluding carboxylic acids is 1. The lowest BCUT2D eigenvalue weighted by atomic mass is 9.88. The monoisotopic (exact) mass is 373 g/mol. The van der Waals surface area contributed by atoms with Crippen molar-refractivity contribution in [3.8, 4) is 5.75 Å². The number of halogens is 1. The second-order valence-corrected chi connectivity index (χ2v) is 7.39. The minimum absolute atomic E-state index is 0.112. The second-order valence-electron chi connectivity index (χ2n) is 7.39. The van der Waals surface area contributed by atoms with E-state index in [2.05, 4.69) is 10.1 Å². The summed E-state index contributed by atoms with van der Waals surface area (Å²) >= 11 is 0. The summed E-state index contributed by atoms with van der Waals surface area (Å²) in [4.78, 5) is 19.1. The van der Waals surface area contributed by atoms with Crippen molar-refractivity contribution in [1.29, 1.82) is 0 Å². The molecule has 1 aromatic carbocycles. The van der Waals surface area contributed by atoms with Gasteiger partial charge in [0.05, 0.1) is 0 Å². The van der Waals surface area contributed by atoms with Gasteiger partial charge in [-0.3, -0.25) is 4.79 Å². The maximum atomic E-state index is 12.9. The lowest BCUT2D eigenvalue weighted by Gasteiger charge is -2.26. The number of benzene rings is 1. The number of likely N-dealkylation sites (tertiary alicyclic amines) is 1. The van der Waals surface area contributed by atoms with Gasteiger partial charge >= 0.3 is 0 Å². The van der Waals surface area contributed by atoms with E-state index in [4.69, 9.17) is 9.26 Å². The number of hydrogen-bond donors (Lipinski definition) is 0. The zero-order chi connectivity index (χ0) is 18.6. The van der Waals surface area contributed by atoms with Gasteiger partial charge in [-0.2, -0.15) is 4.98 Å². The van der Waals surface area contributed by atoms with Crippen molar-refractivity contribution in [1.82, 2.24) is 15.0 Å². The van der Waals surface area contributed by atoms with Crippen LogP contribution in [0.4, 0.5) is 4.39 Å². The van der Waals surface area contributed by atoms with Gasteiger partial charge in [-0.05, 0) is 43.5 Å². The summed E-state index contributed by atoms with van der Waals surface area (Å²) < 4.78 is 23.7. The molecule has 1 saturated heterocycles. The van der Waals surface area contributed by atoms with Gasteiger partial charge < -0.3 is 14.2 Å². The predicted octanol–water partition coefficient (Wildman–Crippen LogP) is 3.68. The summed E-state index contributed by atoms with van der Waals surface area (Å²) in [5.41, 5.74) is 0. The molecule has 27 heavy (non-hydrogen) atoms. The van der Waals surface area contributed by atoms with Crippen molar-refractivity contribution in [2.75, 3.05) is 13.1 Å². The summed E-state index contributed by atoms with van der Waals surface area (Å²) in [6, 6.07) is 5.78. The Labute approximate surface area is 157 Å². The molecule has 4 rings (SSSR count). The number of carbonyl (C=O) groups is 1. The zero-order valence-electron chi connectivity index (χ0n) is 15.3. The molecule has 0 bridgehead atoms. The van der Waals surface area contributed by atoms with Crippen LogP contribution in [0, 0.1) is 11.7 Å². The average Bonchev–Trinajstić information content (AvgIpc) is 3.37. The lowest BCUT2D eigenvalue weighted by Crippen LogP contribution is -2.35. The quantitative estimate of drug-likeness (QED) is 0.800. The molecule has 2 aromatic rings. The Morgan fingerprint density at radius 1 is 1.19 bits per heavy atom. The Balaban J connectivity index is 1.30. The van der Waals surface area contributed by atoms with Crippen molar-refractivity contribution < 1.29 is 18.4 Å². The third kappa shape index (κ3) is 4.28. The van der Waals surface area contributed by atoms with Gasteiger partial charge in [0.15, 0.2) is 12.4 Å². The van der Waals surface area contributed by atoms with Crippen LogP contribution in [0.15, 0.2) is 28.8 Å². The first-order chi connectivity index (χ1) is 13.2. The fourth-order valence-corrected chi connectivity index (χ4v) is 3.95. The van der Waals surface area contributed by atoms with Gasteiger partial charge in [-0.25, -0.2) is 4.39 Å². The van der Waals surface area contributed by atoms with Crippen molar-refractivity contribution in [3.63, 3.8) is 0 Å². The maximum Gasteiger partial charge on any atom is 0.264 e. The molecule has 144 valence electrons. The average molecular weight is 373 g/mol. The Morgan fingerprint density at radius 2 is 1.96 bits per heavy atom. The van der Waals surface area contributed by atoms with Crippen LogP contribution in [0.2, 0.25) is 0 Å². The van der Waals surface area contributed by atoms with Crippen LogP contribution >= 0.6 is 0 Å². The smallest absolute Gasteiger partial charge is 0.264 e. The van der Waals surface area contributed by atoms with Gasteiger partial charge in [0.25, 0.3) is 5.89 Å². The van der Waals surface area contributed by atoms with Crippen LogP contribution in [0.5, 0.6) is 5.75 Å². The minimum Gasteiger partial charge on any atom is -0.484 e. The molecule has 7 heteroatoms. The molecule has 1 amide bonds. The number of amides is 1. The summed E-state index contributed by atoms with van der Waals surface area (Å²) in [5, 5.41) is 4.07. The molecule has 1 aliphatic heterocycles. The largest absolute Gasteiger partial charge is 0.484 e. The van der Waals surface area contributed by atoms with Gasteiger partial charge in [-0.15, -0.1) is 0 Å². The number of aromatic nitrogens is 2. The summed E-state index contributed by atoms with van der Waals surface area (Å²) in [7, 11) is 0. The van der Waals surface area contributed by atoms with E-state index in [0.717, 1.165) is 38.6 Å². The fraction of sp³-hybridized carbons (Fsp3) is 0.550. The third-order valence-electron chi connectivity index (χ3n) is 5.48. The van der Waals surface area contributed by atoms with Crippen LogP contribution in [0.3, 0.4) is 0 Å². The molecule has 1 aliphatic carbocycles. The van der Waals surface area contributed by atoms with Crippen LogP contribution in [-0.2, 0) is 11.4 Å².